The van der Waals surface area contributed by atoms with Gasteiger partial charge in [0.1, 0.15) is 0 Å². The van der Waals surface area contributed by atoms with E-state index in [4.69, 9.17) is 21.1 Å². The van der Waals surface area contributed by atoms with E-state index in [1.54, 1.807) is 0 Å². The third kappa shape index (κ3) is 8.09. The Morgan fingerprint density at radius 1 is 0.923 bits per heavy atom. The summed E-state index contributed by atoms with van der Waals surface area (Å²) in [5.41, 5.74) is 0. The first-order chi connectivity index (χ1) is 19.1. The Labute approximate surface area is 242 Å². The van der Waals surface area contributed by atoms with Crippen molar-refractivity contribution in [1.29, 1.82) is 5.26 Å². The summed E-state index contributed by atoms with van der Waals surface area (Å²) in [7, 11) is 0. The molecule has 0 aromatic rings. The number of fused-ring (bicyclic) bond motifs is 1. The molecule has 2 aliphatic heterocycles. The third-order valence-electron chi connectivity index (χ3n) is 10.5. The van der Waals surface area contributed by atoms with Crippen LogP contribution in [0.2, 0.25) is 0 Å². The van der Waals surface area contributed by atoms with Crippen molar-refractivity contribution >= 4 is 11.6 Å². The molecule has 10 atom stereocenters. The van der Waals surface area contributed by atoms with Gasteiger partial charge in [0, 0.05) is 43.4 Å². The molecule has 7 nitrogen and oxygen atoms in total. The quantitative estimate of drug-likeness (QED) is 0.298. The largest absolute Gasteiger partial charge is 0.377 e. The van der Waals surface area contributed by atoms with Crippen LogP contribution in [-0.2, 0) is 9.47 Å². The van der Waals surface area contributed by atoms with Crippen LogP contribution >= 0.6 is 11.6 Å². The number of nitrogens with one attached hydrogen (secondary N) is 4. The van der Waals surface area contributed by atoms with Crippen LogP contribution in [-0.4, -0.2) is 80.6 Å². The minimum absolute atomic E-state index is 0.0194. The van der Waals surface area contributed by atoms with E-state index in [2.05, 4.69) is 34.3 Å². The van der Waals surface area contributed by atoms with Crippen LogP contribution < -0.4 is 21.3 Å². The SMILES string of the molecule is CCOC1CC2NCC(C#N)C(NC3CCC(OCC4CCCCN4)C(Cl)C3)C2CC1NCC1CCCCC1. The van der Waals surface area contributed by atoms with Crippen molar-refractivity contribution in [2.45, 2.75) is 138 Å². The summed E-state index contributed by atoms with van der Waals surface area (Å²) in [6.45, 7) is 6.61. The molecule has 4 N–H and O–H groups in total. The topological polar surface area (TPSA) is 90.4 Å². The van der Waals surface area contributed by atoms with Gasteiger partial charge in [-0.15, -0.1) is 11.6 Å². The van der Waals surface area contributed by atoms with Crippen LogP contribution in [0.25, 0.3) is 0 Å². The molecule has 39 heavy (non-hydrogen) atoms. The lowest BCUT2D eigenvalue weighted by atomic mass is 9.69. The highest BCUT2D eigenvalue weighted by Gasteiger charge is 2.47. The van der Waals surface area contributed by atoms with Crippen LogP contribution in [0, 0.1) is 29.1 Å². The summed E-state index contributed by atoms with van der Waals surface area (Å²) in [6, 6.07) is 4.42. The van der Waals surface area contributed by atoms with Gasteiger partial charge in [0.05, 0.1) is 36.2 Å². The number of halogens is 1. The fourth-order valence-electron chi connectivity index (χ4n) is 8.23. The second-order valence-electron chi connectivity index (χ2n) is 13.1. The smallest absolute Gasteiger partial charge is 0.0744 e. The highest BCUT2D eigenvalue weighted by molar-refractivity contribution is 6.21. The van der Waals surface area contributed by atoms with E-state index in [1.807, 2.05) is 0 Å². The lowest BCUT2D eigenvalue weighted by Crippen LogP contribution is -2.66. The van der Waals surface area contributed by atoms with E-state index in [-0.39, 0.29) is 29.5 Å². The number of nitrogens with zero attached hydrogens (tertiary/aromatic N) is 1. The average Bonchev–Trinajstić information content (AvgIpc) is 2.97. The van der Waals surface area contributed by atoms with Crippen molar-refractivity contribution < 1.29 is 9.47 Å². The van der Waals surface area contributed by atoms with Gasteiger partial charge in [0.15, 0.2) is 0 Å². The summed E-state index contributed by atoms with van der Waals surface area (Å²) >= 11 is 6.92. The highest BCUT2D eigenvalue weighted by atomic mass is 35.5. The molecule has 222 valence electrons. The molecule has 10 unspecified atom stereocenters. The normalized spacial score (nSPS) is 42.0. The first-order valence-corrected chi connectivity index (χ1v) is 16.8. The zero-order valence-corrected chi connectivity index (χ0v) is 25.0. The first kappa shape index (κ1) is 30.0. The maximum atomic E-state index is 10.1. The Hall–Kier alpha value is -0.460. The summed E-state index contributed by atoms with van der Waals surface area (Å²) in [5, 5.41) is 25.4. The van der Waals surface area contributed by atoms with Crippen LogP contribution in [0.1, 0.15) is 90.4 Å². The fourth-order valence-corrected chi connectivity index (χ4v) is 8.64. The molecule has 5 aliphatic rings. The molecule has 0 amide bonds. The van der Waals surface area contributed by atoms with Crippen LogP contribution in [0.4, 0.5) is 0 Å². The Balaban J connectivity index is 1.17. The van der Waals surface area contributed by atoms with Crippen molar-refractivity contribution in [3.63, 3.8) is 0 Å². The van der Waals surface area contributed by atoms with Crippen molar-refractivity contribution in [2.24, 2.45) is 17.8 Å². The molecule has 0 aromatic carbocycles. The van der Waals surface area contributed by atoms with Gasteiger partial charge in [0.25, 0.3) is 0 Å². The number of rotatable bonds is 10. The monoisotopic (exact) mass is 563 g/mol. The highest BCUT2D eigenvalue weighted by Crippen LogP contribution is 2.37. The number of hydrogen-bond acceptors (Lipinski definition) is 7. The Morgan fingerprint density at radius 3 is 2.51 bits per heavy atom. The van der Waals surface area contributed by atoms with Crippen LogP contribution in [0.5, 0.6) is 0 Å². The average molecular weight is 564 g/mol. The molecular formula is C31H54ClN5O2. The van der Waals surface area contributed by atoms with Gasteiger partial charge in [-0.2, -0.15) is 5.26 Å². The molecule has 3 saturated carbocycles. The Bertz CT molecular complexity index is 771. The summed E-state index contributed by atoms with van der Waals surface area (Å²) < 4.78 is 12.6. The van der Waals surface area contributed by atoms with Crippen LogP contribution in [0.15, 0.2) is 0 Å². The predicted octanol–water partition coefficient (Wildman–Crippen LogP) is 4.10. The first-order valence-electron chi connectivity index (χ1n) is 16.4. The van der Waals surface area contributed by atoms with E-state index >= 15 is 0 Å². The molecule has 3 aliphatic carbocycles. The fraction of sp³-hybridized carbons (Fsp3) is 0.968. The number of nitriles is 1. The van der Waals surface area contributed by atoms with Gasteiger partial charge in [-0.1, -0.05) is 25.7 Å². The maximum absolute atomic E-state index is 10.1. The van der Waals surface area contributed by atoms with Crippen LogP contribution in [0.3, 0.4) is 0 Å². The van der Waals surface area contributed by atoms with Gasteiger partial charge in [-0.3, -0.25) is 0 Å². The summed E-state index contributed by atoms with van der Waals surface area (Å²) in [5.74, 6) is 1.20. The zero-order valence-electron chi connectivity index (χ0n) is 24.2. The van der Waals surface area contributed by atoms with Gasteiger partial charge in [0.2, 0.25) is 0 Å². The molecule has 0 aromatic heterocycles. The number of ether oxygens (including phenoxy) is 2. The summed E-state index contributed by atoms with van der Waals surface area (Å²) in [6.07, 6.45) is 16.1. The molecular weight excluding hydrogens is 510 g/mol. The Morgan fingerprint density at radius 2 is 1.77 bits per heavy atom. The van der Waals surface area contributed by atoms with Crippen molar-refractivity contribution in [3.8, 4) is 6.07 Å². The van der Waals surface area contributed by atoms with Gasteiger partial charge >= 0.3 is 0 Å². The number of hydrogen-bond donors (Lipinski definition) is 4. The Kier molecular flexibility index (Phi) is 11.7. The molecule has 5 fully saturated rings. The van der Waals surface area contributed by atoms with E-state index < -0.39 is 0 Å². The second kappa shape index (κ2) is 15.1. The summed E-state index contributed by atoms with van der Waals surface area (Å²) in [4.78, 5) is 0. The lowest BCUT2D eigenvalue weighted by Gasteiger charge is -2.50. The van der Waals surface area contributed by atoms with Gasteiger partial charge in [-0.25, -0.2) is 0 Å². The molecule has 8 heteroatoms. The predicted molar refractivity (Wildman–Crippen MR) is 157 cm³/mol. The van der Waals surface area contributed by atoms with E-state index in [9.17, 15) is 5.26 Å². The number of piperidine rings is 2. The van der Waals surface area contributed by atoms with E-state index in [0.717, 1.165) is 70.9 Å². The maximum Gasteiger partial charge on any atom is 0.0744 e. The standard InChI is InChI=1S/C31H54ClN5O2/c1-2-38-30-16-27-25(15-28(30)35-18-21-8-4-3-5-9-21)31(22(17-33)19-36-27)37-23-11-12-29(26(32)14-23)39-20-24-10-6-7-13-34-24/h21-31,34-37H,2-16,18-20H2,1H3. The second-order valence-corrected chi connectivity index (χ2v) is 13.7. The van der Waals surface area contributed by atoms with Crippen molar-refractivity contribution in [3.05, 3.63) is 0 Å². The molecule has 2 saturated heterocycles. The number of alkyl halides is 1. The zero-order chi connectivity index (χ0) is 27.0. The molecule has 2 heterocycles. The van der Waals surface area contributed by atoms with Crippen molar-refractivity contribution in [2.75, 3.05) is 32.8 Å². The minimum Gasteiger partial charge on any atom is -0.377 e. The van der Waals surface area contributed by atoms with Gasteiger partial charge in [-0.05, 0) is 89.6 Å². The van der Waals surface area contributed by atoms with E-state index in [0.29, 0.717) is 30.1 Å². The molecule has 0 bridgehead atoms. The third-order valence-corrected chi connectivity index (χ3v) is 10.9. The van der Waals surface area contributed by atoms with Gasteiger partial charge < -0.3 is 30.7 Å². The molecule has 5 rings (SSSR count). The molecule has 0 spiro atoms. The van der Waals surface area contributed by atoms with E-state index in [1.165, 1.54) is 51.4 Å². The van der Waals surface area contributed by atoms with Crippen molar-refractivity contribution in [1.82, 2.24) is 21.3 Å². The molecule has 0 radical (unpaired) electrons. The minimum atomic E-state index is -0.0194. The lowest BCUT2D eigenvalue weighted by molar-refractivity contribution is -0.0320.